The molecule has 0 amide bonds. The van der Waals surface area contributed by atoms with Gasteiger partial charge in [-0.1, -0.05) is 37.3 Å². The van der Waals surface area contributed by atoms with Gasteiger partial charge in [-0.05, 0) is 44.2 Å². The van der Waals surface area contributed by atoms with E-state index in [4.69, 9.17) is 9.84 Å². The molecule has 1 saturated carbocycles. The van der Waals surface area contributed by atoms with Crippen LogP contribution in [0.5, 0.6) is 5.75 Å². The fourth-order valence-corrected chi connectivity index (χ4v) is 4.75. The van der Waals surface area contributed by atoms with Crippen LogP contribution in [-0.4, -0.2) is 53.3 Å². The van der Waals surface area contributed by atoms with Gasteiger partial charge in [0.05, 0.1) is 18.8 Å². The Hall–Kier alpha value is -1.84. The number of hydrogen-bond donors (Lipinski definition) is 4. The molecule has 1 aromatic carbocycles. The standard InChI is InChI=1S/C26H37NO4/c1-3-4-8-18(2)22(29)13-12-20-23(30)17-24-25(20)21-11-7-10-19(26(21)31-24)9-5-6-14-27-15-16-28/h7,10-13,18,20,22-25,27-30H,5-6,8-9,14-17H2,1-2H3/t18-,20+,22-,23-,24+,25+/m1/s1. The van der Waals surface area contributed by atoms with E-state index >= 15 is 0 Å². The summed E-state index contributed by atoms with van der Waals surface area (Å²) in [6.45, 7) is 5.53. The second-order valence-corrected chi connectivity index (χ2v) is 8.81. The molecule has 1 aliphatic heterocycles. The largest absolute Gasteiger partial charge is 0.489 e. The van der Waals surface area contributed by atoms with Gasteiger partial charge in [-0.3, -0.25) is 0 Å². The van der Waals surface area contributed by atoms with Crippen molar-refractivity contribution in [2.75, 3.05) is 19.7 Å². The summed E-state index contributed by atoms with van der Waals surface area (Å²) in [6.07, 6.45) is 7.14. The van der Waals surface area contributed by atoms with Crippen molar-refractivity contribution in [3.05, 3.63) is 41.5 Å². The normalized spacial score (nSPS) is 26.1. The maximum atomic E-state index is 10.7. The van der Waals surface area contributed by atoms with Crippen LogP contribution in [0.2, 0.25) is 0 Å². The zero-order valence-corrected chi connectivity index (χ0v) is 18.8. The number of hydrogen-bond acceptors (Lipinski definition) is 5. The van der Waals surface area contributed by atoms with Crippen LogP contribution < -0.4 is 10.1 Å². The van der Waals surface area contributed by atoms with Crippen molar-refractivity contribution < 1.29 is 20.1 Å². The molecule has 4 N–H and O–H groups in total. The number of aliphatic hydroxyl groups excluding tert-OH is 3. The summed E-state index contributed by atoms with van der Waals surface area (Å²) >= 11 is 0. The van der Waals surface area contributed by atoms with Crippen molar-refractivity contribution >= 4 is 0 Å². The molecule has 1 heterocycles. The molecule has 2 aliphatic rings. The molecule has 0 spiro atoms. The van der Waals surface area contributed by atoms with Crippen LogP contribution in [0.15, 0.2) is 30.4 Å². The second-order valence-electron chi connectivity index (χ2n) is 8.81. The number of rotatable bonds is 11. The van der Waals surface area contributed by atoms with Gasteiger partial charge in [0.1, 0.15) is 11.9 Å². The van der Waals surface area contributed by atoms with E-state index < -0.39 is 12.2 Å². The first-order chi connectivity index (χ1) is 15.1. The molecule has 31 heavy (non-hydrogen) atoms. The summed E-state index contributed by atoms with van der Waals surface area (Å²) in [4.78, 5) is 0. The number of fused-ring (bicyclic) bond motifs is 3. The molecule has 0 saturated heterocycles. The second kappa shape index (κ2) is 11.7. The van der Waals surface area contributed by atoms with Crippen LogP contribution in [0.3, 0.4) is 0 Å². The first-order valence-corrected chi connectivity index (χ1v) is 11.6. The molecule has 3 rings (SSSR count). The zero-order chi connectivity index (χ0) is 22.2. The topological polar surface area (TPSA) is 82.0 Å². The molecular weight excluding hydrogens is 390 g/mol. The quantitative estimate of drug-likeness (QED) is 0.248. The molecule has 5 heteroatoms. The smallest absolute Gasteiger partial charge is 0.126 e. The molecule has 1 fully saturated rings. The Morgan fingerprint density at radius 3 is 2.90 bits per heavy atom. The highest BCUT2D eigenvalue weighted by atomic mass is 16.5. The van der Waals surface area contributed by atoms with E-state index in [1.165, 1.54) is 11.1 Å². The lowest BCUT2D eigenvalue weighted by Crippen LogP contribution is -2.19. The van der Waals surface area contributed by atoms with Gasteiger partial charge in [-0.25, -0.2) is 0 Å². The third-order valence-corrected chi connectivity index (χ3v) is 6.54. The third kappa shape index (κ3) is 5.90. The minimum absolute atomic E-state index is 0.00690. The van der Waals surface area contributed by atoms with Gasteiger partial charge in [0.25, 0.3) is 0 Å². The Bertz CT molecular complexity index is 796. The van der Waals surface area contributed by atoms with Gasteiger partial charge < -0.3 is 25.4 Å². The molecule has 0 aromatic heterocycles. The van der Waals surface area contributed by atoms with Crippen LogP contribution in [0.25, 0.3) is 0 Å². The Kier molecular flexibility index (Phi) is 8.98. The van der Waals surface area contributed by atoms with Gasteiger partial charge in [-0.2, -0.15) is 0 Å². The van der Waals surface area contributed by atoms with Crippen LogP contribution in [0.4, 0.5) is 0 Å². The first kappa shape index (κ1) is 23.8. The van der Waals surface area contributed by atoms with Gasteiger partial charge in [0, 0.05) is 36.8 Å². The zero-order valence-electron chi connectivity index (χ0n) is 18.8. The lowest BCUT2D eigenvalue weighted by molar-refractivity contribution is 0.134. The fraction of sp³-hybridized carbons (Fsp3) is 0.615. The lowest BCUT2D eigenvalue weighted by Gasteiger charge is -2.19. The molecule has 0 unspecified atom stereocenters. The minimum Gasteiger partial charge on any atom is -0.489 e. The van der Waals surface area contributed by atoms with E-state index in [2.05, 4.69) is 35.4 Å². The minimum atomic E-state index is -0.570. The van der Waals surface area contributed by atoms with Crippen molar-refractivity contribution in [3.8, 4) is 17.6 Å². The van der Waals surface area contributed by atoms with E-state index in [0.29, 0.717) is 19.4 Å². The Labute approximate surface area is 186 Å². The highest BCUT2D eigenvalue weighted by molar-refractivity contribution is 5.49. The summed E-state index contributed by atoms with van der Waals surface area (Å²) in [5.74, 6) is 7.04. The highest BCUT2D eigenvalue weighted by Gasteiger charge is 2.48. The SMILES string of the molecule is CC#CC[C@@H](C)[C@H](O)C=C[C@@H]1[C@H]2c3cccc(CCCCNCCO)c3O[C@H]2C[C@H]1O. The van der Waals surface area contributed by atoms with Crippen LogP contribution in [0.1, 0.15) is 56.6 Å². The van der Waals surface area contributed by atoms with E-state index in [1.54, 1.807) is 0 Å². The summed E-state index contributed by atoms with van der Waals surface area (Å²) in [6, 6.07) is 6.36. The number of para-hydroxylation sites is 1. The molecule has 6 atom stereocenters. The maximum Gasteiger partial charge on any atom is 0.126 e. The molecule has 0 bridgehead atoms. The van der Waals surface area contributed by atoms with Gasteiger partial charge >= 0.3 is 0 Å². The van der Waals surface area contributed by atoms with Crippen molar-refractivity contribution in [2.45, 2.75) is 70.2 Å². The van der Waals surface area contributed by atoms with Crippen molar-refractivity contribution in [3.63, 3.8) is 0 Å². The Balaban J connectivity index is 1.65. The number of unbranched alkanes of at least 4 members (excludes halogenated alkanes) is 1. The van der Waals surface area contributed by atoms with Crippen molar-refractivity contribution in [2.24, 2.45) is 11.8 Å². The van der Waals surface area contributed by atoms with Gasteiger partial charge in [-0.15, -0.1) is 11.8 Å². The van der Waals surface area contributed by atoms with Crippen LogP contribution >= 0.6 is 0 Å². The predicted molar refractivity (Wildman–Crippen MR) is 123 cm³/mol. The van der Waals surface area contributed by atoms with Gasteiger partial charge in [0.15, 0.2) is 0 Å². The number of ether oxygens (including phenoxy) is 1. The third-order valence-electron chi connectivity index (χ3n) is 6.54. The first-order valence-electron chi connectivity index (χ1n) is 11.6. The maximum absolute atomic E-state index is 10.7. The number of aliphatic hydroxyl groups is 3. The fourth-order valence-electron chi connectivity index (χ4n) is 4.75. The van der Waals surface area contributed by atoms with Crippen molar-refractivity contribution in [1.29, 1.82) is 0 Å². The molecule has 170 valence electrons. The van der Waals surface area contributed by atoms with Crippen LogP contribution in [0, 0.1) is 23.7 Å². The van der Waals surface area contributed by atoms with E-state index in [9.17, 15) is 10.2 Å². The Morgan fingerprint density at radius 2 is 2.13 bits per heavy atom. The molecule has 5 nitrogen and oxygen atoms in total. The number of aryl methyl sites for hydroxylation is 1. The van der Waals surface area contributed by atoms with E-state index in [1.807, 2.05) is 26.0 Å². The summed E-state index contributed by atoms with van der Waals surface area (Å²) in [7, 11) is 0. The average Bonchev–Trinajstić information content (AvgIpc) is 3.27. The summed E-state index contributed by atoms with van der Waals surface area (Å²) < 4.78 is 6.34. The summed E-state index contributed by atoms with van der Waals surface area (Å²) in [5, 5.41) is 33.2. The molecule has 0 radical (unpaired) electrons. The molecule has 1 aromatic rings. The average molecular weight is 428 g/mol. The highest BCUT2D eigenvalue weighted by Crippen LogP contribution is 2.52. The number of nitrogens with one attached hydrogen (secondary N) is 1. The molecular formula is C26H37NO4. The molecule has 1 aliphatic carbocycles. The monoisotopic (exact) mass is 427 g/mol. The lowest BCUT2D eigenvalue weighted by atomic mass is 9.86. The van der Waals surface area contributed by atoms with Crippen molar-refractivity contribution in [1.82, 2.24) is 5.32 Å². The van der Waals surface area contributed by atoms with Gasteiger partial charge in [0.2, 0.25) is 0 Å². The van der Waals surface area contributed by atoms with Crippen LogP contribution in [-0.2, 0) is 6.42 Å². The summed E-state index contributed by atoms with van der Waals surface area (Å²) in [5.41, 5.74) is 2.42. The Morgan fingerprint density at radius 1 is 1.29 bits per heavy atom. The number of benzene rings is 1. The predicted octanol–water partition coefficient (Wildman–Crippen LogP) is 2.78. The van der Waals surface area contributed by atoms with E-state index in [0.717, 1.165) is 31.6 Å². The van der Waals surface area contributed by atoms with E-state index in [-0.39, 0.29) is 30.5 Å².